The van der Waals surface area contributed by atoms with Gasteiger partial charge in [0.2, 0.25) is 0 Å². The maximum Gasteiger partial charge on any atom is 0.320 e. The van der Waals surface area contributed by atoms with Crippen LogP contribution in [0.1, 0.15) is 19.3 Å². The molecule has 0 amide bonds. The van der Waals surface area contributed by atoms with Gasteiger partial charge in [0, 0.05) is 6.54 Å². The topological polar surface area (TPSA) is 75.3 Å². The number of carboxylic acid groups (broad SMARTS) is 1. The van der Waals surface area contributed by atoms with E-state index in [9.17, 15) is 4.79 Å². The molecule has 0 aromatic rings. The molecule has 0 aromatic heterocycles. The van der Waals surface area contributed by atoms with Gasteiger partial charge in [0.05, 0.1) is 0 Å². The van der Waals surface area contributed by atoms with Gasteiger partial charge in [-0.25, -0.2) is 0 Å². The van der Waals surface area contributed by atoms with E-state index in [1.54, 1.807) is 0 Å². The van der Waals surface area contributed by atoms with Gasteiger partial charge in [-0.2, -0.15) is 0 Å². The van der Waals surface area contributed by atoms with Crippen LogP contribution in [0.3, 0.4) is 0 Å². The average molecular weight is 222 g/mol. The van der Waals surface area contributed by atoms with E-state index in [0.717, 1.165) is 12.8 Å². The molecular weight excluding hydrogens is 208 g/mol. The minimum atomic E-state index is -0.947. The first-order chi connectivity index (χ1) is 6.04. The van der Waals surface area contributed by atoms with E-state index in [-0.39, 0.29) is 0 Å². The van der Waals surface area contributed by atoms with Crippen molar-refractivity contribution in [3.63, 3.8) is 0 Å². The first kappa shape index (κ1) is 12.7. The van der Waals surface area contributed by atoms with Crippen LogP contribution in [0.4, 0.5) is 0 Å². The number of hydrogen-bond donors (Lipinski definition) is 4. The molecule has 0 aliphatic rings. The molecule has 6 heteroatoms. The summed E-state index contributed by atoms with van der Waals surface area (Å²) in [4.78, 5) is 10.3. The highest BCUT2D eigenvalue weighted by Crippen LogP contribution is 1.98. The highest BCUT2D eigenvalue weighted by molar-refractivity contribution is 8.11. The Kier molecular flexibility index (Phi) is 6.93. The zero-order valence-corrected chi connectivity index (χ0v) is 8.90. The maximum atomic E-state index is 10.3. The fourth-order valence-corrected chi connectivity index (χ4v) is 1.02. The highest BCUT2D eigenvalue weighted by Gasteiger charge is 2.09. The van der Waals surface area contributed by atoms with Crippen LogP contribution >= 0.6 is 24.8 Å². The van der Waals surface area contributed by atoms with Gasteiger partial charge >= 0.3 is 5.97 Å². The van der Waals surface area contributed by atoms with Crippen LogP contribution in [0.15, 0.2) is 0 Å². The van der Waals surface area contributed by atoms with E-state index in [1.165, 1.54) is 0 Å². The van der Waals surface area contributed by atoms with Crippen molar-refractivity contribution in [3.05, 3.63) is 0 Å². The minimum Gasteiger partial charge on any atom is -0.480 e. The third-order valence-corrected chi connectivity index (χ3v) is 1.84. The molecule has 0 bridgehead atoms. The molecule has 0 aliphatic heterocycles. The van der Waals surface area contributed by atoms with Crippen LogP contribution in [0.2, 0.25) is 0 Å². The summed E-state index contributed by atoms with van der Waals surface area (Å²) >= 11 is 8.55. The summed E-state index contributed by atoms with van der Waals surface area (Å²) in [6, 6.07) is -0.747. The van der Waals surface area contributed by atoms with Crippen molar-refractivity contribution in [2.45, 2.75) is 25.3 Å². The SMILES string of the molecule is N[C@H](CCCCNC(=S)S)C(=O)O. The van der Waals surface area contributed by atoms with Crippen LogP contribution in [-0.2, 0) is 4.79 Å². The van der Waals surface area contributed by atoms with E-state index < -0.39 is 12.0 Å². The second-order valence-electron chi connectivity index (χ2n) is 2.67. The van der Waals surface area contributed by atoms with Gasteiger partial charge < -0.3 is 16.2 Å². The van der Waals surface area contributed by atoms with E-state index >= 15 is 0 Å². The summed E-state index contributed by atoms with van der Waals surface area (Å²) in [5.74, 6) is -0.947. The fraction of sp³-hybridized carbons (Fsp3) is 0.714. The van der Waals surface area contributed by atoms with E-state index in [4.69, 9.17) is 10.8 Å². The number of carbonyl (C=O) groups is 1. The van der Waals surface area contributed by atoms with Crippen molar-refractivity contribution >= 4 is 35.1 Å². The standard InChI is InChI=1S/C7H14N2O2S2/c8-5(6(10)11)3-1-2-4-9-7(12)13/h5H,1-4,8H2,(H,10,11)(H2,9,12,13)/t5-/m1/s1. The van der Waals surface area contributed by atoms with Gasteiger partial charge in [0.1, 0.15) is 10.4 Å². The maximum absolute atomic E-state index is 10.3. The van der Waals surface area contributed by atoms with Gasteiger partial charge in [-0.15, -0.1) is 12.6 Å². The molecule has 4 N–H and O–H groups in total. The molecule has 0 unspecified atom stereocenters. The highest BCUT2D eigenvalue weighted by atomic mass is 32.1. The summed E-state index contributed by atoms with van der Waals surface area (Å²) in [5, 5.41) is 11.3. The zero-order chi connectivity index (χ0) is 10.3. The Hall–Kier alpha value is -0.330. The third-order valence-electron chi connectivity index (χ3n) is 1.54. The number of hydrogen-bond acceptors (Lipinski definition) is 3. The number of thiocarbonyl (C=S) groups is 1. The summed E-state index contributed by atoms with van der Waals surface area (Å²) < 4.78 is 0.461. The molecule has 0 saturated carbocycles. The van der Waals surface area contributed by atoms with E-state index in [0.29, 0.717) is 17.3 Å². The lowest BCUT2D eigenvalue weighted by Gasteiger charge is -2.06. The lowest BCUT2D eigenvalue weighted by molar-refractivity contribution is -0.138. The molecule has 0 aromatic carbocycles. The first-order valence-corrected chi connectivity index (χ1v) is 4.84. The molecule has 0 rings (SSSR count). The van der Waals surface area contributed by atoms with Crippen LogP contribution in [0, 0.1) is 0 Å². The predicted octanol–water partition coefficient (Wildman–Crippen LogP) is 0.373. The number of aliphatic carboxylic acids is 1. The average Bonchev–Trinajstić information content (AvgIpc) is 2.02. The molecule has 0 saturated heterocycles. The van der Waals surface area contributed by atoms with Gasteiger partial charge in [0.25, 0.3) is 0 Å². The molecule has 0 radical (unpaired) electrons. The van der Waals surface area contributed by atoms with Crippen LogP contribution < -0.4 is 11.1 Å². The molecule has 1 atom stereocenters. The molecule has 0 spiro atoms. The zero-order valence-electron chi connectivity index (χ0n) is 7.19. The molecule has 0 fully saturated rings. The second-order valence-corrected chi connectivity index (χ2v) is 3.83. The number of nitrogens with two attached hydrogens (primary N) is 1. The van der Waals surface area contributed by atoms with Crippen molar-refractivity contribution in [1.29, 1.82) is 0 Å². The van der Waals surface area contributed by atoms with Crippen molar-refractivity contribution in [3.8, 4) is 0 Å². The van der Waals surface area contributed by atoms with Crippen molar-refractivity contribution in [2.75, 3.05) is 6.54 Å². The Labute approximate surface area is 88.3 Å². The number of carboxylic acids is 1. The number of unbranched alkanes of at least 4 members (excludes halogenated alkanes) is 1. The van der Waals surface area contributed by atoms with Gasteiger partial charge in [-0.05, 0) is 19.3 Å². The monoisotopic (exact) mass is 222 g/mol. The van der Waals surface area contributed by atoms with Crippen LogP contribution in [0.5, 0.6) is 0 Å². The Morgan fingerprint density at radius 1 is 1.62 bits per heavy atom. The first-order valence-electron chi connectivity index (χ1n) is 3.99. The van der Waals surface area contributed by atoms with Gasteiger partial charge in [0.15, 0.2) is 0 Å². The summed E-state index contributed by atoms with van der Waals surface area (Å²) in [5.41, 5.74) is 5.30. The molecule has 4 nitrogen and oxygen atoms in total. The largest absolute Gasteiger partial charge is 0.480 e. The number of nitrogens with one attached hydrogen (secondary N) is 1. The van der Waals surface area contributed by atoms with Crippen molar-refractivity contribution in [1.82, 2.24) is 5.32 Å². The fourth-order valence-electron chi connectivity index (χ4n) is 0.808. The Balaban J connectivity index is 3.26. The second kappa shape index (κ2) is 7.11. The molecule has 13 heavy (non-hydrogen) atoms. The quantitative estimate of drug-likeness (QED) is 0.297. The van der Waals surface area contributed by atoms with E-state index in [2.05, 4.69) is 30.2 Å². The number of thiol groups is 1. The third kappa shape index (κ3) is 8.01. The number of rotatable bonds is 6. The van der Waals surface area contributed by atoms with Gasteiger partial charge in [-0.1, -0.05) is 12.2 Å². The van der Waals surface area contributed by atoms with E-state index in [1.807, 2.05) is 0 Å². The normalized spacial score (nSPS) is 12.2. The lowest BCUT2D eigenvalue weighted by atomic mass is 10.1. The Morgan fingerprint density at radius 2 is 2.23 bits per heavy atom. The van der Waals surface area contributed by atoms with Crippen LogP contribution in [0.25, 0.3) is 0 Å². The Bertz CT molecular complexity index is 187. The Morgan fingerprint density at radius 3 is 2.69 bits per heavy atom. The summed E-state index contributed by atoms with van der Waals surface area (Å²) in [6.07, 6.45) is 2.12. The summed E-state index contributed by atoms with van der Waals surface area (Å²) in [7, 11) is 0. The predicted molar refractivity (Wildman–Crippen MR) is 59.0 cm³/mol. The van der Waals surface area contributed by atoms with Crippen molar-refractivity contribution in [2.24, 2.45) is 5.73 Å². The van der Waals surface area contributed by atoms with Crippen molar-refractivity contribution < 1.29 is 9.90 Å². The molecular formula is C7H14N2O2S2. The molecule has 0 aliphatic carbocycles. The van der Waals surface area contributed by atoms with Gasteiger partial charge in [-0.3, -0.25) is 4.79 Å². The lowest BCUT2D eigenvalue weighted by Crippen LogP contribution is -2.30. The summed E-state index contributed by atoms with van der Waals surface area (Å²) in [6.45, 7) is 0.717. The minimum absolute atomic E-state index is 0.461. The molecule has 0 heterocycles. The van der Waals surface area contributed by atoms with Crippen LogP contribution in [-0.4, -0.2) is 28.0 Å². The molecule has 76 valence electrons. The smallest absolute Gasteiger partial charge is 0.320 e.